The molecule has 4 rings (SSSR count). The summed E-state index contributed by atoms with van der Waals surface area (Å²) in [5.74, 6) is 0.498. The van der Waals surface area contributed by atoms with Crippen LogP contribution in [0, 0.1) is 12.7 Å². The van der Waals surface area contributed by atoms with E-state index in [1.54, 1.807) is 18.2 Å². The topological polar surface area (TPSA) is 42.2 Å². The zero-order valence-corrected chi connectivity index (χ0v) is 19.6. The molecule has 0 bridgehead atoms. The maximum absolute atomic E-state index is 13.0. The normalized spacial score (nSPS) is 16.4. The lowest BCUT2D eigenvalue weighted by Gasteiger charge is -2.42. The first kappa shape index (κ1) is 22.3. The van der Waals surface area contributed by atoms with Crippen LogP contribution >= 0.6 is 0 Å². The third-order valence-corrected chi connectivity index (χ3v) is 6.93. The molecule has 2 aromatic carbocycles. The minimum absolute atomic E-state index is 0.155. The predicted octanol–water partition coefficient (Wildman–Crippen LogP) is 6.60. The summed E-state index contributed by atoms with van der Waals surface area (Å²) in [6.07, 6.45) is 3.02. The highest BCUT2D eigenvalue weighted by Crippen LogP contribution is 2.46. The highest BCUT2D eigenvalue weighted by molar-refractivity contribution is 5.91. The van der Waals surface area contributed by atoms with Crippen molar-refractivity contribution in [2.24, 2.45) is 0 Å². The molecule has 3 aromatic rings. The number of amides is 1. The molecule has 0 saturated heterocycles. The number of nitrogens with one attached hydrogen (secondary N) is 1. The first-order valence-corrected chi connectivity index (χ1v) is 11.3. The second-order valence-electron chi connectivity index (χ2n) is 10.3. The highest BCUT2D eigenvalue weighted by Gasteiger charge is 2.37. The van der Waals surface area contributed by atoms with Gasteiger partial charge in [-0.3, -0.25) is 4.79 Å². The number of carbonyl (C=O) groups excluding carboxylic acids is 1. The van der Waals surface area contributed by atoms with Crippen molar-refractivity contribution >= 4 is 5.91 Å². The first-order chi connectivity index (χ1) is 15.0. The fourth-order valence-corrected chi connectivity index (χ4v) is 4.61. The van der Waals surface area contributed by atoms with E-state index in [1.807, 2.05) is 6.07 Å². The molecule has 32 heavy (non-hydrogen) atoms. The molecule has 1 heterocycles. The zero-order chi connectivity index (χ0) is 23.1. The Hall–Kier alpha value is -2.88. The first-order valence-electron chi connectivity index (χ1n) is 11.3. The summed E-state index contributed by atoms with van der Waals surface area (Å²) in [5, 5.41) is 2.83. The molecule has 1 N–H and O–H groups in total. The van der Waals surface area contributed by atoms with Crippen molar-refractivity contribution in [3.63, 3.8) is 0 Å². The van der Waals surface area contributed by atoms with Crippen LogP contribution in [0.1, 0.15) is 84.7 Å². The molecule has 0 fully saturated rings. The van der Waals surface area contributed by atoms with Gasteiger partial charge in [0.15, 0.2) is 5.76 Å². The van der Waals surface area contributed by atoms with Gasteiger partial charge in [0, 0.05) is 13.0 Å². The summed E-state index contributed by atoms with van der Waals surface area (Å²) in [7, 11) is 0. The molecular weight excluding hydrogens is 401 g/mol. The van der Waals surface area contributed by atoms with Crippen molar-refractivity contribution in [3.05, 3.63) is 93.7 Å². The fourth-order valence-electron chi connectivity index (χ4n) is 4.61. The summed E-state index contributed by atoms with van der Waals surface area (Å²) in [5.41, 5.74) is 6.56. The Morgan fingerprint density at radius 2 is 1.59 bits per heavy atom. The number of hydrogen-bond donors (Lipinski definition) is 1. The van der Waals surface area contributed by atoms with E-state index in [4.69, 9.17) is 4.42 Å². The van der Waals surface area contributed by atoms with Gasteiger partial charge in [0.05, 0.1) is 0 Å². The third-order valence-electron chi connectivity index (χ3n) is 6.93. The van der Waals surface area contributed by atoms with E-state index < -0.39 is 0 Å². The van der Waals surface area contributed by atoms with Gasteiger partial charge in [0.2, 0.25) is 0 Å². The molecule has 4 heteroatoms. The number of fused-ring (bicyclic) bond motifs is 1. The van der Waals surface area contributed by atoms with Crippen LogP contribution in [0.25, 0.3) is 0 Å². The van der Waals surface area contributed by atoms with Crippen LogP contribution < -0.4 is 5.32 Å². The van der Waals surface area contributed by atoms with E-state index in [1.165, 1.54) is 47.2 Å². The Labute approximate surface area is 190 Å². The Bertz CT molecular complexity index is 1140. The van der Waals surface area contributed by atoms with Crippen LogP contribution in [0.15, 0.2) is 52.9 Å². The van der Waals surface area contributed by atoms with Gasteiger partial charge in [-0.1, -0.05) is 52.0 Å². The van der Waals surface area contributed by atoms with Crippen molar-refractivity contribution < 1.29 is 13.6 Å². The molecule has 1 aromatic heterocycles. The zero-order valence-electron chi connectivity index (χ0n) is 19.6. The summed E-state index contributed by atoms with van der Waals surface area (Å²) in [4.78, 5) is 12.5. The highest BCUT2D eigenvalue weighted by atomic mass is 19.1. The van der Waals surface area contributed by atoms with Gasteiger partial charge in [-0.2, -0.15) is 0 Å². The fraction of sp³-hybridized carbons (Fsp3) is 0.393. The average molecular weight is 434 g/mol. The molecule has 1 amide bonds. The van der Waals surface area contributed by atoms with E-state index in [-0.39, 0.29) is 22.6 Å². The Kier molecular flexibility index (Phi) is 5.74. The maximum Gasteiger partial charge on any atom is 0.287 e. The minimum Gasteiger partial charge on any atom is -0.456 e. The van der Waals surface area contributed by atoms with Crippen LogP contribution in [-0.2, 0) is 23.8 Å². The van der Waals surface area contributed by atoms with Crippen molar-refractivity contribution in [2.75, 3.05) is 0 Å². The van der Waals surface area contributed by atoms with Gasteiger partial charge >= 0.3 is 0 Å². The van der Waals surface area contributed by atoms with E-state index in [9.17, 15) is 9.18 Å². The quantitative estimate of drug-likeness (QED) is 0.493. The molecule has 1 aliphatic rings. The van der Waals surface area contributed by atoms with Crippen LogP contribution in [-0.4, -0.2) is 5.91 Å². The lowest BCUT2D eigenvalue weighted by molar-refractivity contribution is 0.0921. The average Bonchev–Trinajstić information content (AvgIpc) is 3.21. The SMILES string of the molecule is Cc1cc2c(cc1Cc1ccc(C(=O)NCc3ccc(F)cc3)o1)C(C)(C)CCC2(C)C. The standard InChI is InChI=1S/C28H32FNO2/c1-18-14-23-24(28(4,5)13-12-27(23,2)3)16-20(18)15-22-10-11-25(32-22)26(31)30-17-19-6-8-21(29)9-7-19/h6-11,14,16H,12-13,15,17H2,1-5H3,(H,30,31). The van der Waals surface area contributed by atoms with Crippen LogP contribution in [0.3, 0.4) is 0 Å². The van der Waals surface area contributed by atoms with Gasteiger partial charge in [0.1, 0.15) is 11.6 Å². The Morgan fingerprint density at radius 1 is 0.969 bits per heavy atom. The molecule has 0 aliphatic heterocycles. The second kappa shape index (κ2) is 8.23. The molecule has 168 valence electrons. The largest absolute Gasteiger partial charge is 0.456 e. The van der Waals surface area contributed by atoms with Gasteiger partial charge in [-0.15, -0.1) is 0 Å². The Balaban J connectivity index is 1.50. The van der Waals surface area contributed by atoms with Crippen LogP contribution in [0.4, 0.5) is 4.39 Å². The number of halogens is 1. The number of carbonyl (C=O) groups is 1. The van der Waals surface area contributed by atoms with E-state index >= 15 is 0 Å². The number of furan rings is 1. The number of benzene rings is 2. The van der Waals surface area contributed by atoms with Crippen molar-refractivity contribution in [2.45, 2.75) is 71.3 Å². The molecule has 0 radical (unpaired) electrons. The lowest BCUT2D eigenvalue weighted by atomic mass is 9.62. The maximum atomic E-state index is 13.0. The summed E-state index contributed by atoms with van der Waals surface area (Å²) in [6.45, 7) is 11.8. The molecule has 0 saturated carbocycles. The number of rotatable bonds is 5. The summed E-state index contributed by atoms with van der Waals surface area (Å²) in [6, 6.07) is 14.4. The summed E-state index contributed by atoms with van der Waals surface area (Å²) < 4.78 is 18.9. The van der Waals surface area contributed by atoms with Gasteiger partial charge in [-0.25, -0.2) is 4.39 Å². The van der Waals surface area contributed by atoms with E-state index in [0.717, 1.165) is 11.3 Å². The van der Waals surface area contributed by atoms with E-state index in [2.05, 4.69) is 52.1 Å². The van der Waals surface area contributed by atoms with Gasteiger partial charge in [0.25, 0.3) is 5.91 Å². The van der Waals surface area contributed by atoms with Gasteiger partial charge in [-0.05, 0) is 82.7 Å². The minimum atomic E-state index is -0.292. The molecular formula is C28H32FNO2. The molecule has 3 nitrogen and oxygen atoms in total. The molecule has 1 aliphatic carbocycles. The van der Waals surface area contributed by atoms with Crippen molar-refractivity contribution in [3.8, 4) is 0 Å². The van der Waals surface area contributed by atoms with E-state index in [0.29, 0.717) is 18.7 Å². The predicted molar refractivity (Wildman–Crippen MR) is 126 cm³/mol. The Morgan fingerprint density at radius 3 is 2.25 bits per heavy atom. The number of hydrogen-bond acceptors (Lipinski definition) is 2. The monoisotopic (exact) mass is 433 g/mol. The second-order valence-corrected chi connectivity index (χ2v) is 10.3. The molecule has 0 atom stereocenters. The van der Waals surface area contributed by atoms with Crippen molar-refractivity contribution in [1.29, 1.82) is 0 Å². The summed E-state index contributed by atoms with van der Waals surface area (Å²) >= 11 is 0. The van der Waals surface area contributed by atoms with Gasteiger partial charge < -0.3 is 9.73 Å². The third kappa shape index (κ3) is 4.50. The van der Waals surface area contributed by atoms with Crippen LogP contribution in [0.2, 0.25) is 0 Å². The van der Waals surface area contributed by atoms with Crippen molar-refractivity contribution in [1.82, 2.24) is 5.32 Å². The smallest absolute Gasteiger partial charge is 0.287 e. The van der Waals surface area contributed by atoms with Crippen LogP contribution in [0.5, 0.6) is 0 Å². The lowest BCUT2D eigenvalue weighted by Crippen LogP contribution is -2.34. The molecule has 0 spiro atoms. The molecule has 0 unspecified atom stereocenters. The number of aryl methyl sites for hydroxylation is 1.